The highest BCUT2D eigenvalue weighted by Gasteiger charge is 2.58. The molecule has 0 aromatic heterocycles. The summed E-state index contributed by atoms with van der Waals surface area (Å²) in [7, 11) is 0. The summed E-state index contributed by atoms with van der Waals surface area (Å²) in [5.41, 5.74) is 0. The van der Waals surface area contributed by atoms with Crippen LogP contribution in [0, 0.1) is 60.7 Å². The lowest BCUT2D eigenvalue weighted by Gasteiger charge is -2.11. The first-order chi connectivity index (χ1) is 11.8. The zero-order valence-corrected chi connectivity index (χ0v) is 11.6. The van der Waals surface area contributed by atoms with Gasteiger partial charge in [-0.25, -0.2) is 4.79 Å². The van der Waals surface area contributed by atoms with Gasteiger partial charge in [-0.3, -0.25) is 60.7 Å². The molecule has 0 aromatic carbocycles. The number of hydrogen-bond acceptors (Lipinski definition) is 15. The van der Waals surface area contributed by atoms with Crippen molar-refractivity contribution in [2.45, 2.75) is 24.8 Å². The first kappa shape index (κ1) is 21.7. The molecule has 0 spiro atoms. The average molecular weight is 388 g/mol. The van der Waals surface area contributed by atoms with Gasteiger partial charge in [-0.1, -0.05) is 0 Å². The molecule has 0 saturated carbocycles. The molecule has 21 nitrogen and oxygen atoms in total. The molecule has 0 fully saturated rings. The van der Waals surface area contributed by atoms with Crippen LogP contribution >= 0.6 is 0 Å². The fraction of sp³-hybridized carbons (Fsp3) is 0.800. The van der Waals surface area contributed by atoms with Crippen molar-refractivity contribution >= 4 is 6.16 Å². The van der Waals surface area contributed by atoms with Crippen LogP contribution in [-0.4, -0.2) is 60.5 Å². The maximum atomic E-state index is 11.2. The maximum absolute atomic E-state index is 11.2. The van der Waals surface area contributed by atoms with E-state index in [-0.39, 0.29) is 0 Å². The monoisotopic (exact) mass is 388 g/mol. The fourth-order valence-corrected chi connectivity index (χ4v) is 1.22. The minimum Gasteiger partial charge on any atom is -0.354 e. The first-order valence-electron chi connectivity index (χ1n) is 5.49. The van der Waals surface area contributed by atoms with Crippen LogP contribution in [0.5, 0.6) is 0 Å². The Morgan fingerprint density at radius 3 is 0.923 bits per heavy atom. The van der Waals surface area contributed by atoms with Crippen molar-refractivity contribution in [3.05, 3.63) is 60.7 Å². The third kappa shape index (κ3) is 5.39. The number of rotatable bonds is 10. The Kier molecular flexibility index (Phi) is 7.09. The van der Waals surface area contributed by atoms with E-state index in [1.165, 1.54) is 0 Å². The van der Waals surface area contributed by atoms with Crippen LogP contribution in [0.3, 0.4) is 0 Å². The summed E-state index contributed by atoms with van der Waals surface area (Å²) in [6.45, 7) is 0. The normalized spacial score (nSPS) is 12.7. The zero-order chi connectivity index (χ0) is 20.8. The molecule has 0 aliphatic carbocycles. The van der Waals surface area contributed by atoms with Crippen molar-refractivity contribution in [1.29, 1.82) is 0 Å². The van der Waals surface area contributed by atoms with Crippen molar-refractivity contribution in [2.75, 3.05) is 0 Å². The molecule has 2 atom stereocenters. The van der Waals surface area contributed by atoms with Crippen LogP contribution in [0.15, 0.2) is 0 Å². The predicted octanol–water partition coefficient (Wildman–Crippen LogP) is -1.90. The molecule has 0 saturated heterocycles. The van der Waals surface area contributed by atoms with Gasteiger partial charge in [0.25, 0.3) is 0 Å². The smallest absolute Gasteiger partial charge is 0.354 e. The van der Waals surface area contributed by atoms with Crippen LogP contribution < -0.4 is 0 Å². The van der Waals surface area contributed by atoms with Crippen LogP contribution in [0.25, 0.3) is 0 Å². The van der Waals surface area contributed by atoms with E-state index in [9.17, 15) is 65.5 Å². The highest BCUT2D eigenvalue weighted by molar-refractivity contribution is 5.60. The highest BCUT2D eigenvalue weighted by atomic mass is 16.8. The van der Waals surface area contributed by atoms with Crippen molar-refractivity contribution in [3.8, 4) is 0 Å². The molecule has 0 aliphatic heterocycles. The molecule has 0 bridgehead atoms. The van der Waals surface area contributed by atoms with Gasteiger partial charge in [-0.2, -0.15) is 0 Å². The predicted molar refractivity (Wildman–Crippen MR) is 64.7 cm³/mol. The van der Waals surface area contributed by atoms with Gasteiger partial charge in [0.15, 0.2) is 0 Å². The van der Waals surface area contributed by atoms with Crippen LogP contribution in [0.1, 0.15) is 0 Å². The minimum atomic E-state index is -3.37. The van der Waals surface area contributed by atoms with Crippen LogP contribution in [0.4, 0.5) is 4.79 Å². The largest absolute Gasteiger partial charge is 0.553 e. The molecule has 0 aliphatic rings. The van der Waals surface area contributed by atoms with Crippen molar-refractivity contribution < 1.29 is 43.8 Å². The summed E-state index contributed by atoms with van der Waals surface area (Å²) >= 11 is 0. The summed E-state index contributed by atoms with van der Waals surface area (Å²) in [5, 5.41) is 62.8. The van der Waals surface area contributed by atoms with Gasteiger partial charge in [0, 0.05) is 0 Å². The molecular weight excluding hydrogens is 384 g/mol. The Morgan fingerprint density at radius 1 is 0.538 bits per heavy atom. The minimum absolute atomic E-state index is 1.84. The molecule has 21 heteroatoms. The Balaban J connectivity index is 5.55. The van der Waals surface area contributed by atoms with E-state index < -0.39 is 60.5 Å². The van der Waals surface area contributed by atoms with Gasteiger partial charge in [-0.05, 0) is 0 Å². The van der Waals surface area contributed by atoms with E-state index in [0.29, 0.717) is 0 Å². The number of carbonyl (C=O) groups is 1. The van der Waals surface area contributed by atoms with E-state index >= 15 is 0 Å². The Labute approximate surface area is 137 Å². The summed E-state index contributed by atoms with van der Waals surface area (Å²) in [5.74, 6) is 0. The maximum Gasteiger partial charge on any atom is 0.553 e. The van der Waals surface area contributed by atoms with Crippen molar-refractivity contribution in [2.24, 2.45) is 0 Å². The van der Waals surface area contributed by atoms with Crippen molar-refractivity contribution in [3.63, 3.8) is 0 Å². The van der Waals surface area contributed by atoms with Gasteiger partial charge in [-0.15, -0.1) is 0 Å². The SMILES string of the molecule is O=C(OC(C([N+](=O)[O-])[N+](=O)[O-])[N+](=O)[O-])OC(C([N+](=O)[O-])[N+](=O)[O-])[N+](=O)[O-]. The number of ether oxygens (including phenoxy) is 2. The molecule has 0 radical (unpaired) electrons. The van der Waals surface area contributed by atoms with Gasteiger partial charge in [0.05, 0.1) is 9.85 Å². The lowest BCUT2D eigenvalue weighted by molar-refractivity contribution is -0.802. The molecule has 144 valence electrons. The molecule has 2 unspecified atom stereocenters. The number of nitrogens with zero attached hydrogens (tertiary/aromatic N) is 6. The Morgan fingerprint density at radius 2 is 0.769 bits per heavy atom. The topological polar surface area (TPSA) is 294 Å². The van der Waals surface area contributed by atoms with E-state index in [1.54, 1.807) is 0 Å². The van der Waals surface area contributed by atoms with E-state index in [0.717, 1.165) is 0 Å². The van der Waals surface area contributed by atoms with Crippen molar-refractivity contribution in [1.82, 2.24) is 0 Å². The van der Waals surface area contributed by atoms with Gasteiger partial charge >= 0.3 is 30.9 Å². The summed E-state index contributed by atoms with van der Waals surface area (Å²) in [6, 6.07) is 0. The average Bonchev–Trinajstić information content (AvgIpc) is 2.43. The highest BCUT2D eigenvalue weighted by Crippen LogP contribution is 2.11. The summed E-state index contributed by atoms with van der Waals surface area (Å²) in [6.07, 6.45) is -16.0. The first-order valence-corrected chi connectivity index (χ1v) is 5.49. The third-order valence-electron chi connectivity index (χ3n) is 2.22. The lowest BCUT2D eigenvalue weighted by Crippen LogP contribution is -2.50. The Hall–Kier alpha value is -4.33. The summed E-state index contributed by atoms with van der Waals surface area (Å²) < 4.78 is 7.19. The quantitative estimate of drug-likeness (QED) is 0.171. The molecule has 0 N–H and O–H groups in total. The van der Waals surface area contributed by atoms with Crippen LogP contribution in [0.2, 0.25) is 0 Å². The second-order valence-electron chi connectivity index (χ2n) is 3.81. The standard InChI is InChI=1S/C5H4N6O15/c12-5(25-3(10(21)22)1(6(13)14)7(15)16)26-4(11(23)24)2(8(17)18)9(19)20/h1-4H. The Bertz CT molecular complexity index is 577. The van der Waals surface area contributed by atoms with Gasteiger partial charge < -0.3 is 9.47 Å². The lowest BCUT2D eigenvalue weighted by atomic mass is 10.4. The van der Waals surface area contributed by atoms with E-state index in [1.807, 2.05) is 0 Å². The molecule has 0 aromatic rings. The molecular formula is C5H4N6O15. The molecule has 26 heavy (non-hydrogen) atoms. The zero-order valence-electron chi connectivity index (χ0n) is 11.6. The fourth-order valence-electron chi connectivity index (χ4n) is 1.22. The molecule has 0 heterocycles. The third-order valence-corrected chi connectivity index (χ3v) is 2.22. The molecule has 0 amide bonds. The van der Waals surface area contributed by atoms with E-state index in [4.69, 9.17) is 0 Å². The number of carbonyl (C=O) groups excluding carboxylic acids is 1. The number of hydrogen-bond donors (Lipinski definition) is 0. The van der Waals surface area contributed by atoms with E-state index in [2.05, 4.69) is 9.47 Å². The van der Waals surface area contributed by atoms with Gasteiger partial charge in [0.1, 0.15) is 19.7 Å². The summed E-state index contributed by atoms with van der Waals surface area (Å²) in [4.78, 5) is 63.0. The van der Waals surface area contributed by atoms with Gasteiger partial charge in [0.2, 0.25) is 0 Å². The number of nitro groups is 6. The molecule has 0 rings (SSSR count). The second-order valence-corrected chi connectivity index (χ2v) is 3.81. The van der Waals surface area contributed by atoms with Crippen LogP contribution in [-0.2, 0) is 9.47 Å². The second kappa shape index (κ2) is 8.50.